The molecule has 34 heavy (non-hydrogen) atoms. The van der Waals surface area contributed by atoms with Gasteiger partial charge in [0.15, 0.2) is 6.61 Å². The quantitative estimate of drug-likeness (QED) is 0.432. The van der Waals surface area contributed by atoms with E-state index in [2.05, 4.69) is 0 Å². The Morgan fingerprint density at radius 3 is 2.21 bits per heavy atom. The maximum atomic E-state index is 13.9. The first-order valence-corrected chi connectivity index (χ1v) is 12.8. The number of carbonyl (C=O) groups is 2. The summed E-state index contributed by atoms with van der Waals surface area (Å²) in [6.45, 7) is 1.50. The second-order valence-electron chi connectivity index (χ2n) is 8.46. The normalized spacial score (nSPS) is 17.1. The number of Topliss-reactive ketones (excluding diaryl/α,β-unsaturated/α-hetero) is 1. The van der Waals surface area contributed by atoms with Crippen molar-refractivity contribution >= 4 is 27.5 Å². The zero-order valence-electron chi connectivity index (χ0n) is 18.6. The Morgan fingerprint density at radius 2 is 1.53 bits per heavy atom. The number of esters is 1. The minimum atomic E-state index is -3.79. The van der Waals surface area contributed by atoms with Crippen LogP contribution in [0, 0.1) is 11.6 Å². The molecule has 10 heteroatoms. The Morgan fingerprint density at radius 1 is 0.853 bits per heavy atom. The number of hydrogen-bond donors (Lipinski definition) is 0. The number of sulfonamides is 1. The van der Waals surface area contributed by atoms with Gasteiger partial charge in [-0.15, -0.1) is 0 Å². The fraction of sp³-hybridized carbons (Fsp3) is 0.417. The molecule has 2 aliphatic rings. The second-order valence-corrected chi connectivity index (χ2v) is 10.4. The molecule has 0 unspecified atom stereocenters. The van der Waals surface area contributed by atoms with E-state index in [9.17, 15) is 26.8 Å². The first kappa shape index (κ1) is 24.3. The predicted octanol–water partition coefficient (Wildman–Crippen LogP) is 3.78. The molecule has 0 amide bonds. The SMILES string of the molecule is O=C(COC(=O)c1cc(S(=O)(=O)N2CCCCC2)ccc1N1CCCC1)c1ccc(F)cc1F. The number of ketones is 1. The van der Waals surface area contributed by atoms with Gasteiger partial charge < -0.3 is 9.64 Å². The summed E-state index contributed by atoms with van der Waals surface area (Å²) in [7, 11) is -3.79. The molecule has 182 valence electrons. The van der Waals surface area contributed by atoms with Gasteiger partial charge in [0.25, 0.3) is 0 Å². The third-order valence-corrected chi connectivity index (χ3v) is 8.05. The second kappa shape index (κ2) is 10.2. The lowest BCUT2D eigenvalue weighted by Crippen LogP contribution is -2.35. The van der Waals surface area contributed by atoms with E-state index in [1.54, 1.807) is 6.07 Å². The van der Waals surface area contributed by atoms with Crippen molar-refractivity contribution in [3.8, 4) is 0 Å². The Hall–Kier alpha value is -2.85. The molecule has 2 aromatic rings. The van der Waals surface area contributed by atoms with Crippen LogP contribution in [0.4, 0.5) is 14.5 Å². The van der Waals surface area contributed by atoms with Crippen molar-refractivity contribution in [2.24, 2.45) is 0 Å². The van der Waals surface area contributed by atoms with Crippen molar-refractivity contribution in [1.29, 1.82) is 0 Å². The summed E-state index contributed by atoms with van der Waals surface area (Å²) >= 11 is 0. The van der Waals surface area contributed by atoms with Crippen LogP contribution in [0.15, 0.2) is 41.3 Å². The molecule has 2 fully saturated rings. The molecule has 2 aliphatic heterocycles. The van der Waals surface area contributed by atoms with E-state index in [4.69, 9.17) is 4.74 Å². The highest BCUT2D eigenvalue weighted by atomic mass is 32.2. The third-order valence-electron chi connectivity index (χ3n) is 6.15. The number of nitrogens with zero attached hydrogens (tertiary/aromatic N) is 2. The van der Waals surface area contributed by atoms with Crippen LogP contribution in [0.1, 0.15) is 52.8 Å². The monoisotopic (exact) mass is 492 g/mol. The maximum Gasteiger partial charge on any atom is 0.340 e. The molecule has 0 atom stereocenters. The Balaban J connectivity index is 1.59. The number of rotatable bonds is 7. The molecule has 0 aromatic heterocycles. The van der Waals surface area contributed by atoms with E-state index < -0.39 is 45.6 Å². The summed E-state index contributed by atoms with van der Waals surface area (Å²) in [5.74, 6) is -3.58. The van der Waals surface area contributed by atoms with E-state index in [-0.39, 0.29) is 10.5 Å². The van der Waals surface area contributed by atoms with Gasteiger partial charge >= 0.3 is 5.97 Å². The van der Waals surface area contributed by atoms with Gasteiger partial charge in [-0.3, -0.25) is 4.79 Å². The average molecular weight is 493 g/mol. The van der Waals surface area contributed by atoms with Gasteiger partial charge in [0.1, 0.15) is 11.6 Å². The van der Waals surface area contributed by atoms with E-state index in [0.717, 1.165) is 44.2 Å². The summed E-state index contributed by atoms with van der Waals surface area (Å²) < 4.78 is 59.9. The summed E-state index contributed by atoms with van der Waals surface area (Å²) in [4.78, 5) is 27.3. The van der Waals surface area contributed by atoms with Crippen LogP contribution in [-0.2, 0) is 14.8 Å². The standard InChI is InChI=1S/C24H26F2N2O5S/c25-17-6-8-19(21(26)14-17)23(29)16-33-24(30)20-15-18(7-9-22(20)27-10-4-5-11-27)34(31,32)28-12-2-1-3-13-28/h6-9,14-15H,1-5,10-13,16H2. The van der Waals surface area contributed by atoms with E-state index in [1.807, 2.05) is 4.90 Å². The highest BCUT2D eigenvalue weighted by Gasteiger charge is 2.29. The van der Waals surface area contributed by atoms with Crippen LogP contribution in [-0.4, -0.2) is 57.3 Å². The number of piperidine rings is 1. The van der Waals surface area contributed by atoms with Crippen LogP contribution in [0.25, 0.3) is 0 Å². The third kappa shape index (κ3) is 5.12. The summed E-state index contributed by atoms with van der Waals surface area (Å²) in [6.07, 6.45) is 4.40. The fourth-order valence-electron chi connectivity index (χ4n) is 4.33. The number of ether oxygens (including phenoxy) is 1. The van der Waals surface area contributed by atoms with E-state index in [1.165, 1.54) is 16.4 Å². The van der Waals surface area contributed by atoms with Crippen LogP contribution >= 0.6 is 0 Å². The van der Waals surface area contributed by atoms with Gasteiger partial charge in [0.05, 0.1) is 21.7 Å². The Kier molecular flexibility index (Phi) is 7.27. The highest BCUT2D eigenvalue weighted by molar-refractivity contribution is 7.89. The molecule has 0 spiro atoms. The van der Waals surface area contributed by atoms with Gasteiger partial charge in [-0.05, 0) is 56.0 Å². The number of anilines is 1. The maximum absolute atomic E-state index is 13.9. The van der Waals surface area contributed by atoms with Crippen molar-refractivity contribution in [1.82, 2.24) is 4.31 Å². The molecule has 2 saturated heterocycles. The molecule has 0 aliphatic carbocycles. The molecule has 0 N–H and O–H groups in total. The van der Waals surface area contributed by atoms with Gasteiger partial charge in [0.2, 0.25) is 15.8 Å². The van der Waals surface area contributed by atoms with Crippen molar-refractivity contribution in [3.63, 3.8) is 0 Å². The molecule has 2 heterocycles. The van der Waals surface area contributed by atoms with Gasteiger partial charge in [-0.25, -0.2) is 22.0 Å². The van der Waals surface area contributed by atoms with Crippen LogP contribution in [0.2, 0.25) is 0 Å². The van der Waals surface area contributed by atoms with Crippen LogP contribution < -0.4 is 4.90 Å². The molecule has 0 radical (unpaired) electrons. The van der Waals surface area contributed by atoms with Crippen molar-refractivity contribution in [2.75, 3.05) is 37.7 Å². The molecule has 7 nitrogen and oxygen atoms in total. The molecular weight excluding hydrogens is 466 g/mol. The topological polar surface area (TPSA) is 84.0 Å². The van der Waals surface area contributed by atoms with Crippen molar-refractivity contribution < 1.29 is 31.5 Å². The van der Waals surface area contributed by atoms with Gasteiger partial charge in [-0.1, -0.05) is 6.42 Å². The summed E-state index contributed by atoms with van der Waals surface area (Å²) in [5, 5.41) is 0. The minimum Gasteiger partial charge on any atom is -0.454 e. The molecular formula is C24H26F2N2O5S. The first-order chi connectivity index (χ1) is 16.3. The summed E-state index contributed by atoms with van der Waals surface area (Å²) in [6, 6.07) is 6.90. The Labute approximate surface area is 197 Å². The number of hydrogen-bond acceptors (Lipinski definition) is 6. The lowest BCUT2D eigenvalue weighted by atomic mass is 10.1. The fourth-order valence-corrected chi connectivity index (χ4v) is 5.87. The number of carbonyl (C=O) groups excluding carboxylic acids is 2. The predicted molar refractivity (Wildman–Crippen MR) is 121 cm³/mol. The molecule has 4 rings (SSSR count). The largest absolute Gasteiger partial charge is 0.454 e. The average Bonchev–Trinajstić information content (AvgIpc) is 3.37. The Bertz CT molecular complexity index is 1190. The molecule has 2 aromatic carbocycles. The number of halogens is 2. The van der Waals surface area contributed by atoms with Crippen molar-refractivity contribution in [2.45, 2.75) is 37.0 Å². The zero-order valence-corrected chi connectivity index (χ0v) is 19.5. The minimum absolute atomic E-state index is 0.0137. The number of benzene rings is 2. The first-order valence-electron chi connectivity index (χ1n) is 11.3. The summed E-state index contributed by atoms with van der Waals surface area (Å²) in [5.41, 5.74) is 0.170. The molecule has 0 saturated carbocycles. The van der Waals surface area contributed by atoms with Crippen molar-refractivity contribution in [3.05, 3.63) is 59.2 Å². The van der Waals surface area contributed by atoms with Gasteiger partial charge in [-0.2, -0.15) is 4.31 Å². The molecule has 0 bridgehead atoms. The lowest BCUT2D eigenvalue weighted by Gasteiger charge is -2.27. The van der Waals surface area contributed by atoms with Crippen LogP contribution in [0.3, 0.4) is 0 Å². The van der Waals surface area contributed by atoms with Crippen LogP contribution in [0.5, 0.6) is 0 Å². The van der Waals surface area contributed by atoms with E-state index in [0.29, 0.717) is 37.9 Å². The zero-order chi connectivity index (χ0) is 24.3. The van der Waals surface area contributed by atoms with Gasteiger partial charge in [0, 0.05) is 32.2 Å². The highest BCUT2D eigenvalue weighted by Crippen LogP contribution is 2.30. The van der Waals surface area contributed by atoms with E-state index >= 15 is 0 Å². The lowest BCUT2D eigenvalue weighted by molar-refractivity contribution is 0.0474. The smallest absolute Gasteiger partial charge is 0.340 e.